The minimum Gasteiger partial charge on any atom is -0.496 e. The molecule has 9 rings (SSSR count). The highest BCUT2D eigenvalue weighted by molar-refractivity contribution is 5.94. The SMILES string of the molecule is CCC1=C[C@@H]2CN(CCc3c([nH]c4ccccc34)[C@@](C(=O)OC)(c3cc4c(cc3OC)N(C)[C@H]3[C@@](O)(COC(=O)C(C)(C)C)[C@H](OC(C)=O)[C@]5(CC)C=CCN6CC[C@]43C65)C2)C1. The van der Waals surface area contributed by atoms with Gasteiger partial charge in [0.2, 0.25) is 0 Å². The first-order chi connectivity index (χ1) is 29.5. The van der Waals surface area contributed by atoms with E-state index in [1.54, 1.807) is 27.9 Å². The van der Waals surface area contributed by atoms with Crippen LogP contribution in [0.2, 0.25) is 0 Å². The monoisotopic (exact) mass is 848 g/mol. The van der Waals surface area contributed by atoms with Crippen molar-refractivity contribution < 1.29 is 38.4 Å². The van der Waals surface area contributed by atoms with E-state index in [0.717, 1.165) is 72.4 Å². The van der Waals surface area contributed by atoms with Crippen LogP contribution < -0.4 is 9.64 Å². The largest absolute Gasteiger partial charge is 0.496 e. The molecule has 2 fully saturated rings. The number of para-hydroxylation sites is 1. The number of carbonyl (C=O) groups excluding carboxylic acids is 3. The molecule has 2 N–H and O–H groups in total. The van der Waals surface area contributed by atoms with Crippen molar-refractivity contribution in [1.82, 2.24) is 14.8 Å². The van der Waals surface area contributed by atoms with E-state index in [9.17, 15) is 14.7 Å². The number of aromatic nitrogens is 1. The van der Waals surface area contributed by atoms with E-state index in [1.165, 1.54) is 19.6 Å². The fourth-order valence-electron chi connectivity index (χ4n) is 13.4. The fraction of sp³-hybridized carbons (Fsp3) is 0.580. The van der Waals surface area contributed by atoms with Crippen LogP contribution in [-0.2, 0) is 45.8 Å². The summed E-state index contributed by atoms with van der Waals surface area (Å²) in [6.45, 7) is 14.6. The van der Waals surface area contributed by atoms with Crippen molar-refractivity contribution in [3.63, 3.8) is 0 Å². The van der Waals surface area contributed by atoms with Crippen LogP contribution in [-0.4, -0.2) is 122 Å². The van der Waals surface area contributed by atoms with E-state index >= 15 is 4.79 Å². The maximum Gasteiger partial charge on any atom is 0.322 e. The van der Waals surface area contributed by atoms with Crippen LogP contribution in [0.1, 0.15) is 89.6 Å². The Bertz CT molecular complexity index is 2380. The number of hydrogen-bond donors (Lipinski definition) is 2. The van der Waals surface area contributed by atoms with Crippen LogP contribution in [0.25, 0.3) is 10.9 Å². The molecule has 332 valence electrons. The summed E-state index contributed by atoms with van der Waals surface area (Å²) in [5.74, 6) is -0.777. The van der Waals surface area contributed by atoms with E-state index in [1.807, 2.05) is 19.2 Å². The molecule has 3 aromatic rings. The molecule has 1 spiro atoms. The average Bonchev–Trinajstić information content (AvgIpc) is 3.92. The molecule has 12 heteroatoms. The van der Waals surface area contributed by atoms with Gasteiger partial charge in [-0.25, -0.2) is 0 Å². The summed E-state index contributed by atoms with van der Waals surface area (Å²) in [6, 6.07) is 11.6. The Balaban J connectivity index is 1.34. The molecular formula is C50H64N4O8. The second-order valence-corrected chi connectivity index (χ2v) is 20.0. The molecule has 2 unspecified atom stereocenters. The Morgan fingerprint density at radius 1 is 1.03 bits per heavy atom. The average molecular weight is 849 g/mol. The lowest BCUT2D eigenvalue weighted by Gasteiger charge is -2.64. The summed E-state index contributed by atoms with van der Waals surface area (Å²) in [6.07, 6.45) is 8.94. The van der Waals surface area contributed by atoms with Gasteiger partial charge in [0.1, 0.15) is 23.9 Å². The molecule has 6 heterocycles. The number of aliphatic hydroxyl groups is 1. The number of hydrogen-bond acceptors (Lipinski definition) is 11. The number of ether oxygens (including phenoxy) is 4. The predicted molar refractivity (Wildman–Crippen MR) is 237 cm³/mol. The zero-order valence-electron chi connectivity index (χ0n) is 37.9. The number of likely N-dealkylation sites (N-methyl/N-ethyl adjacent to an activating group) is 1. The van der Waals surface area contributed by atoms with Crippen LogP contribution in [0, 0.1) is 16.7 Å². The molecule has 2 aromatic carbocycles. The van der Waals surface area contributed by atoms with Crippen LogP contribution in [0.15, 0.2) is 60.2 Å². The Kier molecular flexibility index (Phi) is 10.3. The summed E-state index contributed by atoms with van der Waals surface area (Å²) in [5, 5.41) is 14.9. The van der Waals surface area contributed by atoms with E-state index in [-0.39, 0.29) is 24.5 Å². The molecule has 2 bridgehead atoms. The van der Waals surface area contributed by atoms with E-state index in [2.05, 4.69) is 76.0 Å². The number of nitrogens with zero attached hydrogens (tertiary/aromatic N) is 3. The lowest BCUT2D eigenvalue weighted by molar-refractivity contribution is -0.233. The minimum atomic E-state index is -1.87. The zero-order chi connectivity index (χ0) is 44.1. The fourth-order valence-corrected chi connectivity index (χ4v) is 13.4. The topological polar surface area (TPSA) is 134 Å². The lowest BCUT2D eigenvalue weighted by Crippen LogP contribution is -2.80. The summed E-state index contributed by atoms with van der Waals surface area (Å²) < 4.78 is 25.0. The number of anilines is 1. The number of nitrogens with one attached hydrogen (secondary N) is 1. The number of esters is 3. The zero-order valence-corrected chi connectivity index (χ0v) is 37.9. The molecule has 6 aliphatic rings. The normalized spacial score (nSPS) is 33.5. The van der Waals surface area contributed by atoms with Crippen molar-refractivity contribution in [3.8, 4) is 5.75 Å². The number of benzene rings is 2. The highest BCUT2D eigenvalue weighted by Gasteiger charge is 2.78. The quantitative estimate of drug-likeness (QED) is 0.152. The van der Waals surface area contributed by atoms with Gasteiger partial charge in [-0.1, -0.05) is 55.8 Å². The van der Waals surface area contributed by atoms with Gasteiger partial charge in [-0.15, -0.1) is 0 Å². The number of aromatic amines is 1. The maximum atomic E-state index is 15.4. The molecule has 9 atom stereocenters. The van der Waals surface area contributed by atoms with Gasteiger partial charge in [0.25, 0.3) is 0 Å². The number of fused-ring (bicyclic) bond motifs is 6. The number of carbonyl (C=O) groups is 3. The third kappa shape index (κ3) is 5.91. The van der Waals surface area contributed by atoms with Crippen LogP contribution in [0.3, 0.4) is 0 Å². The number of methoxy groups -OCH3 is 2. The Hall–Kier alpha value is -4.65. The van der Waals surface area contributed by atoms with E-state index in [4.69, 9.17) is 18.9 Å². The second kappa shape index (κ2) is 15.0. The molecular weight excluding hydrogens is 785 g/mol. The summed E-state index contributed by atoms with van der Waals surface area (Å²) in [7, 11) is 5.11. The highest BCUT2D eigenvalue weighted by atomic mass is 16.6. The van der Waals surface area contributed by atoms with Gasteiger partial charge in [-0.2, -0.15) is 0 Å². The van der Waals surface area contributed by atoms with Crippen molar-refractivity contribution in [1.29, 1.82) is 0 Å². The first-order valence-electron chi connectivity index (χ1n) is 22.6. The molecule has 5 aliphatic heterocycles. The lowest BCUT2D eigenvalue weighted by atomic mass is 9.47. The van der Waals surface area contributed by atoms with Gasteiger partial charge in [0.05, 0.1) is 25.7 Å². The first-order valence-corrected chi connectivity index (χ1v) is 22.6. The summed E-state index contributed by atoms with van der Waals surface area (Å²) >= 11 is 0. The van der Waals surface area contributed by atoms with Crippen molar-refractivity contribution in [2.75, 3.05) is 65.5 Å². The molecule has 0 radical (unpaired) electrons. The van der Waals surface area contributed by atoms with Crippen LogP contribution >= 0.6 is 0 Å². The molecule has 1 saturated carbocycles. The summed E-state index contributed by atoms with van der Waals surface area (Å²) in [4.78, 5) is 53.1. The number of rotatable bonds is 8. The van der Waals surface area contributed by atoms with Gasteiger partial charge in [0, 0.05) is 90.9 Å². The maximum absolute atomic E-state index is 15.4. The van der Waals surface area contributed by atoms with Crippen molar-refractivity contribution >= 4 is 34.5 Å². The van der Waals surface area contributed by atoms with Crippen molar-refractivity contribution in [2.45, 2.75) is 108 Å². The molecule has 1 aromatic heterocycles. The van der Waals surface area contributed by atoms with Crippen LogP contribution in [0.5, 0.6) is 5.75 Å². The van der Waals surface area contributed by atoms with Gasteiger partial charge in [-0.05, 0) is 88.6 Å². The first kappa shape index (κ1) is 42.6. The molecule has 0 amide bonds. The Labute approximate surface area is 365 Å². The smallest absolute Gasteiger partial charge is 0.322 e. The predicted octanol–water partition coefficient (Wildman–Crippen LogP) is 6.21. The van der Waals surface area contributed by atoms with Gasteiger partial charge in [-0.3, -0.25) is 24.2 Å². The van der Waals surface area contributed by atoms with Gasteiger partial charge >= 0.3 is 17.9 Å². The molecule has 1 saturated heterocycles. The van der Waals surface area contributed by atoms with Crippen molar-refractivity contribution in [3.05, 3.63) is 82.6 Å². The molecule has 1 aliphatic carbocycles. The van der Waals surface area contributed by atoms with Gasteiger partial charge in [0.15, 0.2) is 5.60 Å². The Morgan fingerprint density at radius 2 is 1.81 bits per heavy atom. The molecule has 62 heavy (non-hydrogen) atoms. The molecule has 12 nitrogen and oxygen atoms in total. The highest BCUT2D eigenvalue weighted by Crippen LogP contribution is 2.68. The third-order valence-electron chi connectivity index (χ3n) is 15.7. The third-order valence-corrected chi connectivity index (χ3v) is 15.7. The second-order valence-electron chi connectivity index (χ2n) is 20.0. The van der Waals surface area contributed by atoms with E-state index < -0.39 is 51.3 Å². The van der Waals surface area contributed by atoms with Crippen LogP contribution in [0.4, 0.5) is 5.69 Å². The Morgan fingerprint density at radius 3 is 2.50 bits per heavy atom. The number of H-pyrrole nitrogens is 1. The van der Waals surface area contributed by atoms with Crippen molar-refractivity contribution in [2.24, 2.45) is 16.7 Å². The standard InChI is InChI=1S/C50H64N4O8/c1-10-31-23-32-26-49(45(57)60-9,40-34(17-21-53(27-31)28-32)33-15-12-13-16-37(33)51-40)36-24-35-38(25-39(36)59-8)52(7)42-48(35)19-22-54-20-14-18-47(11-2,41(48)54)43(62-30(3)55)50(42,58)29-61-44(56)46(4,5)6/h12-16,18,23-25,32,41-43,51,58H,10-11,17,19-22,26-29H2,1-9H3/t32-,41?,42+,43+,47+,48+,49-,50-/m0/s1. The summed E-state index contributed by atoms with van der Waals surface area (Å²) in [5.41, 5.74) is 1.11. The van der Waals surface area contributed by atoms with Gasteiger partial charge < -0.3 is 33.9 Å². The van der Waals surface area contributed by atoms with E-state index in [0.29, 0.717) is 37.1 Å². The minimum absolute atomic E-state index is 0.0293.